The number of carbonyl (C=O) groups excluding carboxylic acids is 2. The zero-order valence-corrected chi connectivity index (χ0v) is 13.8. The van der Waals surface area contributed by atoms with Crippen LogP contribution in [0.4, 0.5) is 13.6 Å². The number of hydrogen-bond acceptors (Lipinski definition) is 4. The van der Waals surface area contributed by atoms with E-state index >= 15 is 0 Å². The Kier molecular flexibility index (Phi) is 6.39. The first-order valence-electron chi connectivity index (χ1n) is 7.16. The number of likely N-dealkylation sites (N-methyl/N-ethyl adjacent to an activating group) is 1. The van der Waals surface area contributed by atoms with E-state index in [4.69, 9.17) is 0 Å². The predicted octanol–water partition coefficient (Wildman–Crippen LogP) is 2.48. The molecule has 2 aromatic rings. The molecule has 0 saturated carbocycles. The van der Waals surface area contributed by atoms with Gasteiger partial charge < -0.3 is 5.32 Å². The number of amides is 3. The smallest absolute Gasteiger partial charge is 0.321 e. The van der Waals surface area contributed by atoms with Crippen LogP contribution >= 0.6 is 11.3 Å². The summed E-state index contributed by atoms with van der Waals surface area (Å²) in [7, 11) is 1.60. The van der Waals surface area contributed by atoms with Gasteiger partial charge in [-0.25, -0.2) is 13.6 Å². The molecule has 128 valence electrons. The molecule has 1 aromatic heterocycles. The van der Waals surface area contributed by atoms with Crippen LogP contribution in [0.15, 0.2) is 35.7 Å². The number of carbonyl (C=O) groups is 2. The molecule has 8 heteroatoms. The topological polar surface area (TPSA) is 61.4 Å². The summed E-state index contributed by atoms with van der Waals surface area (Å²) in [5.41, 5.74) is 0.272. The molecule has 0 atom stereocenters. The molecule has 0 unspecified atom stereocenters. The van der Waals surface area contributed by atoms with E-state index in [1.165, 1.54) is 22.3 Å². The lowest BCUT2D eigenvalue weighted by Crippen LogP contribution is -2.43. The predicted molar refractivity (Wildman–Crippen MR) is 87.4 cm³/mol. The highest BCUT2D eigenvalue weighted by Gasteiger charge is 2.12. The van der Waals surface area contributed by atoms with E-state index in [0.29, 0.717) is 6.54 Å². The number of nitrogens with zero attached hydrogens (tertiary/aromatic N) is 1. The summed E-state index contributed by atoms with van der Waals surface area (Å²) in [6.07, 6.45) is 0. The van der Waals surface area contributed by atoms with E-state index in [1.807, 2.05) is 17.5 Å². The minimum atomic E-state index is -0.670. The van der Waals surface area contributed by atoms with Crippen LogP contribution in [0.5, 0.6) is 0 Å². The minimum absolute atomic E-state index is 0.0940. The lowest BCUT2D eigenvalue weighted by molar-refractivity contribution is -0.121. The van der Waals surface area contributed by atoms with Gasteiger partial charge in [0.05, 0.1) is 13.1 Å². The normalized spacial score (nSPS) is 10.7. The minimum Gasteiger partial charge on any atom is -0.333 e. The van der Waals surface area contributed by atoms with Crippen LogP contribution in [0.2, 0.25) is 0 Å². The number of rotatable bonds is 6. The van der Waals surface area contributed by atoms with Crippen molar-refractivity contribution in [1.29, 1.82) is 0 Å². The maximum absolute atomic E-state index is 13.6. The van der Waals surface area contributed by atoms with Gasteiger partial charge in [-0.05, 0) is 24.6 Å². The van der Waals surface area contributed by atoms with E-state index in [2.05, 4.69) is 10.6 Å². The van der Waals surface area contributed by atoms with Crippen LogP contribution in [-0.2, 0) is 17.9 Å². The van der Waals surface area contributed by atoms with Crippen molar-refractivity contribution in [2.24, 2.45) is 0 Å². The van der Waals surface area contributed by atoms with Crippen molar-refractivity contribution >= 4 is 23.3 Å². The van der Waals surface area contributed by atoms with Crippen molar-refractivity contribution in [3.63, 3.8) is 0 Å². The highest BCUT2D eigenvalue weighted by Crippen LogP contribution is 2.11. The van der Waals surface area contributed by atoms with Gasteiger partial charge in [0.1, 0.15) is 11.6 Å². The first-order valence-corrected chi connectivity index (χ1v) is 8.04. The molecule has 0 spiro atoms. The van der Waals surface area contributed by atoms with E-state index in [-0.39, 0.29) is 18.7 Å². The number of imide groups is 1. The van der Waals surface area contributed by atoms with Crippen molar-refractivity contribution in [1.82, 2.24) is 15.5 Å². The standard InChI is InChI=1S/C16H17F2N3O2S/c1-21(9-11-4-5-12(17)7-14(11)18)10-15(22)20-16(23)19-8-13-3-2-6-24-13/h2-7H,8-10H2,1H3,(H2,19,20,22,23). The third-order valence-electron chi connectivity index (χ3n) is 3.13. The summed E-state index contributed by atoms with van der Waals surface area (Å²) in [4.78, 5) is 25.9. The Balaban J connectivity index is 1.75. The SMILES string of the molecule is CN(CC(=O)NC(=O)NCc1cccs1)Cc1ccc(F)cc1F. The fraction of sp³-hybridized carbons (Fsp3) is 0.250. The van der Waals surface area contributed by atoms with Crippen LogP contribution in [0, 0.1) is 11.6 Å². The lowest BCUT2D eigenvalue weighted by Gasteiger charge is -2.16. The second-order valence-electron chi connectivity index (χ2n) is 5.22. The number of halogens is 2. The van der Waals surface area contributed by atoms with E-state index in [9.17, 15) is 18.4 Å². The molecule has 0 radical (unpaired) electrons. The molecule has 0 aliphatic carbocycles. The average molecular weight is 353 g/mol. The average Bonchev–Trinajstić information content (AvgIpc) is 3.01. The Morgan fingerprint density at radius 1 is 1.25 bits per heavy atom. The van der Waals surface area contributed by atoms with Crippen LogP contribution in [0.3, 0.4) is 0 Å². The van der Waals surface area contributed by atoms with Crippen LogP contribution < -0.4 is 10.6 Å². The summed E-state index contributed by atoms with van der Waals surface area (Å²) in [5.74, 6) is -1.83. The molecule has 1 aromatic carbocycles. The molecule has 0 bridgehead atoms. The van der Waals surface area contributed by atoms with Crippen molar-refractivity contribution < 1.29 is 18.4 Å². The molecule has 5 nitrogen and oxygen atoms in total. The second-order valence-corrected chi connectivity index (χ2v) is 6.25. The first kappa shape index (κ1) is 18.0. The Labute approximate surface area is 142 Å². The van der Waals surface area contributed by atoms with Crippen LogP contribution in [-0.4, -0.2) is 30.4 Å². The summed E-state index contributed by atoms with van der Waals surface area (Å²) in [6.45, 7) is 0.368. The van der Waals surface area contributed by atoms with Crippen molar-refractivity contribution in [3.8, 4) is 0 Å². The first-order chi connectivity index (χ1) is 11.4. The molecular formula is C16H17F2N3O2S. The Morgan fingerprint density at radius 2 is 2.04 bits per heavy atom. The van der Waals surface area contributed by atoms with Crippen LogP contribution in [0.25, 0.3) is 0 Å². The van der Waals surface area contributed by atoms with Gasteiger partial charge in [-0.1, -0.05) is 12.1 Å². The molecule has 0 aliphatic heterocycles. The third kappa shape index (κ3) is 5.71. The summed E-state index contributed by atoms with van der Waals surface area (Å²) >= 11 is 1.50. The molecule has 1 heterocycles. The fourth-order valence-electron chi connectivity index (χ4n) is 2.03. The van der Waals surface area contributed by atoms with Gasteiger partial charge in [-0.15, -0.1) is 11.3 Å². The van der Waals surface area contributed by atoms with Gasteiger partial charge in [0, 0.05) is 23.1 Å². The number of nitrogens with one attached hydrogen (secondary N) is 2. The van der Waals surface area contributed by atoms with Gasteiger partial charge in [0.15, 0.2) is 0 Å². The summed E-state index contributed by atoms with van der Waals surface area (Å²) in [5, 5.41) is 6.67. The maximum Gasteiger partial charge on any atom is 0.321 e. The Morgan fingerprint density at radius 3 is 2.71 bits per heavy atom. The molecule has 2 N–H and O–H groups in total. The van der Waals surface area contributed by atoms with E-state index < -0.39 is 23.6 Å². The van der Waals surface area contributed by atoms with Gasteiger partial charge in [-0.2, -0.15) is 0 Å². The number of urea groups is 1. The number of benzene rings is 1. The van der Waals surface area contributed by atoms with Gasteiger partial charge in [0.2, 0.25) is 5.91 Å². The molecule has 0 fully saturated rings. The number of hydrogen-bond donors (Lipinski definition) is 2. The zero-order valence-electron chi connectivity index (χ0n) is 13.0. The third-order valence-corrected chi connectivity index (χ3v) is 4.00. The Hall–Kier alpha value is -2.32. The van der Waals surface area contributed by atoms with Gasteiger partial charge in [0.25, 0.3) is 0 Å². The van der Waals surface area contributed by atoms with Gasteiger partial charge in [-0.3, -0.25) is 15.0 Å². The molecule has 0 saturated heterocycles. The Bertz CT molecular complexity index is 707. The maximum atomic E-state index is 13.6. The van der Waals surface area contributed by atoms with Gasteiger partial charge >= 0.3 is 6.03 Å². The van der Waals surface area contributed by atoms with E-state index in [0.717, 1.165) is 17.0 Å². The monoisotopic (exact) mass is 353 g/mol. The van der Waals surface area contributed by atoms with Crippen molar-refractivity contribution in [2.45, 2.75) is 13.1 Å². The lowest BCUT2D eigenvalue weighted by atomic mass is 10.2. The second kappa shape index (κ2) is 8.51. The zero-order chi connectivity index (χ0) is 17.5. The largest absolute Gasteiger partial charge is 0.333 e. The quantitative estimate of drug-likeness (QED) is 0.839. The molecule has 0 aliphatic rings. The molecular weight excluding hydrogens is 336 g/mol. The molecule has 2 rings (SSSR count). The van der Waals surface area contributed by atoms with Crippen molar-refractivity contribution in [3.05, 3.63) is 57.8 Å². The highest BCUT2D eigenvalue weighted by molar-refractivity contribution is 7.09. The molecule has 24 heavy (non-hydrogen) atoms. The number of thiophene rings is 1. The van der Waals surface area contributed by atoms with E-state index in [1.54, 1.807) is 7.05 Å². The highest BCUT2D eigenvalue weighted by atomic mass is 32.1. The molecule has 3 amide bonds. The van der Waals surface area contributed by atoms with Crippen molar-refractivity contribution in [2.75, 3.05) is 13.6 Å². The van der Waals surface area contributed by atoms with Crippen LogP contribution in [0.1, 0.15) is 10.4 Å². The summed E-state index contributed by atoms with van der Waals surface area (Å²) in [6, 6.07) is 6.43. The fourth-order valence-corrected chi connectivity index (χ4v) is 2.68. The summed E-state index contributed by atoms with van der Waals surface area (Å²) < 4.78 is 26.4.